The van der Waals surface area contributed by atoms with Crippen LogP contribution in [0.5, 0.6) is 0 Å². The number of benzene rings is 1. The first-order valence-corrected chi connectivity index (χ1v) is 7.59. The minimum atomic E-state index is -0.163. The van der Waals surface area contributed by atoms with Crippen LogP contribution in [0.1, 0.15) is 18.9 Å². The van der Waals surface area contributed by atoms with Gasteiger partial charge in [-0.15, -0.1) is 11.8 Å². The lowest BCUT2D eigenvalue weighted by Crippen LogP contribution is -2.14. The first-order valence-electron chi connectivity index (χ1n) is 5.81. The fraction of sp³-hybridized carbons (Fsp3) is 0.385. The van der Waals surface area contributed by atoms with E-state index >= 15 is 0 Å². The SMILES string of the molecule is CCOC(=O)CC1CSC(c2ccc(Br)cc2)=N1. The summed E-state index contributed by atoms with van der Waals surface area (Å²) in [5.41, 5.74) is 1.11. The van der Waals surface area contributed by atoms with Gasteiger partial charge in [-0.2, -0.15) is 0 Å². The van der Waals surface area contributed by atoms with Crippen molar-refractivity contribution >= 4 is 38.7 Å². The normalized spacial score (nSPS) is 18.6. The molecule has 0 aromatic heterocycles. The highest BCUT2D eigenvalue weighted by molar-refractivity contribution is 9.10. The van der Waals surface area contributed by atoms with Crippen molar-refractivity contribution in [1.82, 2.24) is 0 Å². The number of esters is 1. The van der Waals surface area contributed by atoms with Crippen LogP contribution in [0.3, 0.4) is 0 Å². The molecule has 1 aromatic carbocycles. The molecular weight excluding hydrogens is 314 g/mol. The van der Waals surface area contributed by atoms with E-state index in [1.54, 1.807) is 11.8 Å². The molecule has 1 heterocycles. The minimum Gasteiger partial charge on any atom is -0.466 e. The smallest absolute Gasteiger partial charge is 0.307 e. The van der Waals surface area contributed by atoms with E-state index in [1.807, 2.05) is 31.2 Å². The summed E-state index contributed by atoms with van der Waals surface area (Å²) in [5, 5.41) is 1.01. The third-order valence-corrected chi connectivity index (χ3v) is 4.21. The van der Waals surface area contributed by atoms with Gasteiger partial charge in [-0.25, -0.2) is 0 Å². The zero-order valence-electron chi connectivity index (χ0n) is 10.1. The number of hydrogen-bond acceptors (Lipinski definition) is 4. The molecule has 3 nitrogen and oxygen atoms in total. The maximum absolute atomic E-state index is 11.4. The third kappa shape index (κ3) is 3.59. The summed E-state index contributed by atoms with van der Waals surface area (Å²) in [6.45, 7) is 2.25. The first kappa shape index (κ1) is 13.6. The van der Waals surface area contributed by atoms with Crippen LogP contribution in [-0.4, -0.2) is 29.4 Å². The van der Waals surface area contributed by atoms with Crippen LogP contribution >= 0.6 is 27.7 Å². The van der Waals surface area contributed by atoms with Crippen molar-refractivity contribution in [2.24, 2.45) is 4.99 Å². The fourth-order valence-corrected chi connectivity index (χ4v) is 3.02. The van der Waals surface area contributed by atoms with Gasteiger partial charge in [0.15, 0.2) is 0 Å². The van der Waals surface area contributed by atoms with E-state index in [1.165, 1.54) is 0 Å². The van der Waals surface area contributed by atoms with Crippen LogP contribution in [-0.2, 0) is 9.53 Å². The van der Waals surface area contributed by atoms with E-state index in [4.69, 9.17) is 4.74 Å². The molecule has 1 aliphatic rings. The number of nitrogens with zero attached hydrogens (tertiary/aromatic N) is 1. The number of carbonyl (C=O) groups excluding carboxylic acids is 1. The van der Waals surface area contributed by atoms with Crippen molar-refractivity contribution in [3.8, 4) is 0 Å². The molecule has 2 rings (SSSR count). The summed E-state index contributed by atoms with van der Waals surface area (Å²) >= 11 is 5.10. The summed E-state index contributed by atoms with van der Waals surface area (Å²) in [6, 6.07) is 8.10. The van der Waals surface area contributed by atoms with E-state index < -0.39 is 0 Å². The summed E-state index contributed by atoms with van der Waals surface area (Å²) in [7, 11) is 0. The van der Waals surface area contributed by atoms with Crippen molar-refractivity contribution < 1.29 is 9.53 Å². The lowest BCUT2D eigenvalue weighted by molar-refractivity contribution is -0.143. The number of thioether (sulfide) groups is 1. The van der Waals surface area contributed by atoms with Crippen molar-refractivity contribution in [3.05, 3.63) is 34.3 Å². The van der Waals surface area contributed by atoms with Crippen molar-refractivity contribution in [3.63, 3.8) is 0 Å². The molecule has 96 valence electrons. The monoisotopic (exact) mass is 327 g/mol. The lowest BCUT2D eigenvalue weighted by Gasteiger charge is -2.04. The molecule has 1 aliphatic heterocycles. The van der Waals surface area contributed by atoms with Crippen LogP contribution in [0, 0.1) is 0 Å². The molecule has 18 heavy (non-hydrogen) atoms. The molecule has 0 amide bonds. The maximum atomic E-state index is 11.4. The minimum absolute atomic E-state index is 0.0488. The highest BCUT2D eigenvalue weighted by Gasteiger charge is 2.22. The quantitative estimate of drug-likeness (QED) is 0.797. The largest absolute Gasteiger partial charge is 0.466 e. The van der Waals surface area contributed by atoms with E-state index in [0.29, 0.717) is 13.0 Å². The Balaban J connectivity index is 1.99. The molecule has 0 fully saturated rings. The second-order valence-electron chi connectivity index (χ2n) is 3.92. The summed E-state index contributed by atoms with van der Waals surface area (Å²) in [4.78, 5) is 16.0. The Labute approximate surface area is 119 Å². The molecule has 0 bridgehead atoms. The number of hydrogen-bond donors (Lipinski definition) is 0. The Hall–Kier alpha value is -0.810. The highest BCUT2D eigenvalue weighted by Crippen LogP contribution is 2.26. The van der Waals surface area contributed by atoms with Crippen LogP contribution in [0.25, 0.3) is 0 Å². The Morgan fingerprint density at radius 1 is 1.50 bits per heavy atom. The predicted molar refractivity (Wildman–Crippen MR) is 78.2 cm³/mol. The van der Waals surface area contributed by atoms with Gasteiger partial charge in [0, 0.05) is 15.8 Å². The van der Waals surface area contributed by atoms with Gasteiger partial charge in [-0.3, -0.25) is 9.79 Å². The second kappa shape index (κ2) is 6.38. The van der Waals surface area contributed by atoms with Crippen LogP contribution in [0.2, 0.25) is 0 Å². The van der Waals surface area contributed by atoms with Crippen molar-refractivity contribution in [2.45, 2.75) is 19.4 Å². The van der Waals surface area contributed by atoms with Gasteiger partial charge in [0.05, 0.1) is 24.1 Å². The third-order valence-electron chi connectivity index (χ3n) is 2.51. The van der Waals surface area contributed by atoms with E-state index in [0.717, 1.165) is 20.8 Å². The van der Waals surface area contributed by atoms with E-state index in [2.05, 4.69) is 20.9 Å². The zero-order valence-corrected chi connectivity index (χ0v) is 12.5. The molecule has 5 heteroatoms. The molecule has 0 N–H and O–H groups in total. The second-order valence-corrected chi connectivity index (χ2v) is 5.84. The molecule has 0 radical (unpaired) electrons. The average molecular weight is 328 g/mol. The molecule has 1 aromatic rings. The fourth-order valence-electron chi connectivity index (χ4n) is 1.68. The molecule has 0 spiro atoms. The zero-order chi connectivity index (χ0) is 13.0. The number of ether oxygens (including phenoxy) is 1. The molecule has 0 saturated carbocycles. The van der Waals surface area contributed by atoms with Gasteiger partial charge in [-0.05, 0) is 19.1 Å². The topological polar surface area (TPSA) is 38.7 Å². The summed E-state index contributed by atoms with van der Waals surface area (Å²) in [5.74, 6) is 0.688. The van der Waals surface area contributed by atoms with Gasteiger partial charge in [0.1, 0.15) is 0 Å². The summed E-state index contributed by atoms with van der Waals surface area (Å²) in [6.07, 6.45) is 0.376. The van der Waals surface area contributed by atoms with Crippen LogP contribution < -0.4 is 0 Å². The van der Waals surface area contributed by atoms with Gasteiger partial charge in [-0.1, -0.05) is 28.1 Å². The predicted octanol–water partition coefficient (Wildman–Crippen LogP) is 3.26. The molecule has 1 unspecified atom stereocenters. The Morgan fingerprint density at radius 2 is 2.22 bits per heavy atom. The van der Waals surface area contributed by atoms with Crippen LogP contribution in [0.15, 0.2) is 33.7 Å². The molecule has 0 aliphatic carbocycles. The van der Waals surface area contributed by atoms with Gasteiger partial charge in [0.25, 0.3) is 0 Å². The number of aliphatic imine (C=N–C) groups is 1. The average Bonchev–Trinajstić information content (AvgIpc) is 2.78. The van der Waals surface area contributed by atoms with E-state index in [9.17, 15) is 4.79 Å². The highest BCUT2D eigenvalue weighted by atomic mass is 79.9. The van der Waals surface area contributed by atoms with Crippen LogP contribution in [0.4, 0.5) is 0 Å². The summed E-state index contributed by atoms with van der Waals surface area (Å²) < 4.78 is 5.99. The van der Waals surface area contributed by atoms with Gasteiger partial charge in [0.2, 0.25) is 0 Å². The Kier molecular flexibility index (Phi) is 4.83. The molecule has 0 saturated heterocycles. The standard InChI is InChI=1S/C13H14BrNO2S/c1-2-17-12(16)7-11-8-18-13(15-11)9-3-5-10(14)6-4-9/h3-6,11H,2,7-8H2,1H3. The van der Waals surface area contributed by atoms with Gasteiger partial charge < -0.3 is 4.74 Å². The lowest BCUT2D eigenvalue weighted by atomic mass is 10.2. The number of carbonyl (C=O) groups is 1. The molecule has 1 atom stereocenters. The Morgan fingerprint density at radius 3 is 2.89 bits per heavy atom. The maximum Gasteiger partial charge on any atom is 0.307 e. The first-order chi connectivity index (χ1) is 8.69. The van der Waals surface area contributed by atoms with Gasteiger partial charge >= 0.3 is 5.97 Å². The van der Waals surface area contributed by atoms with Crippen molar-refractivity contribution in [1.29, 1.82) is 0 Å². The number of rotatable bonds is 4. The van der Waals surface area contributed by atoms with Crippen molar-refractivity contribution in [2.75, 3.05) is 12.4 Å². The Bertz CT molecular complexity index is 459. The van der Waals surface area contributed by atoms with E-state index in [-0.39, 0.29) is 12.0 Å². The number of halogens is 1. The molecular formula is C13H14BrNO2S.